The molecule has 0 saturated heterocycles. The third-order valence-corrected chi connectivity index (χ3v) is 3.54. The molecule has 5 heteroatoms. The van der Waals surface area contributed by atoms with Gasteiger partial charge in [-0.2, -0.15) is 5.10 Å². The van der Waals surface area contributed by atoms with E-state index in [0.29, 0.717) is 0 Å². The summed E-state index contributed by atoms with van der Waals surface area (Å²) < 4.78 is 3.91. The van der Waals surface area contributed by atoms with Gasteiger partial charge in [0.05, 0.1) is 18.2 Å². The maximum absolute atomic E-state index is 4.27. The number of imidazole rings is 1. The molecule has 0 spiro atoms. The molecule has 1 atom stereocenters. The van der Waals surface area contributed by atoms with Crippen LogP contribution in [0, 0.1) is 0 Å². The summed E-state index contributed by atoms with van der Waals surface area (Å²) in [5, 5.41) is 7.74. The van der Waals surface area contributed by atoms with Gasteiger partial charge in [-0.15, -0.1) is 0 Å². The molecule has 5 nitrogen and oxygen atoms in total. The topological polar surface area (TPSA) is 47.7 Å². The largest absolute Gasteiger partial charge is 0.376 e. The highest BCUT2D eigenvalue weighted by Crippen LogP contribution is 2.20. The first-order valence-corrected chi connectivity index (χ1v) is 7.13. The maximum Gasteiger partial charge on any atom is 0.0991 e. The van der Waals surface area contributed by atoms with Crippen LogP contribution in [0.25, 0.3) is 5.69 Å². The van der Waals surface area contributed by atoms with Crippen LogP contribution in [0.3, 0.4) is 0 Å². The average Bonchev–Trinajstić information content (AvgIpc) is 3.19. The lowest BCUT2D eigenvalue weighted by Crippen LogP contribution is -2.06. The first-order valence-electron chi connectivity index (χ1n) is 7.13. The summed E-state index contributed by atoms with van der Waals surface area (Å²) in [6.07, 6.45) is 9.41. The number of benzene rings is 1. The number of aryl methyl sites for hydroxylation is 1. The average molecular weight is 281 g/mol. The van der Waals surface area contributed by atoms with Gasteiger partial charge in [-0.05, 0) is 31.5 Å². The van der Waals surface area contributed by atoms with E-state index in [9.17, 15) is 0 Å². The van der Waals surface area contributed by atoms with Crippen LogP contribution in [0.4, 0.5) is 5.69 Å². The lowest BCUT2D eigenvalue weighted by atomic mass is 10.1. The van der Waals surface area contributed by atoms with Gasteiger partial charge < -0.3 is 9.88 Å². The standard InChI is InChI=1S/C16H19N5/c1-3-21-11-15(10-18-21)19-13(2)14-4-6-16(7-5-14)20-9-8-17-12-20/h4-13,19H,3H2,1-2H3. The molecular formula is C16H19N5. The normalized spacial score (nSPS) is 12.3. The molecule has 1 aromatic carbocycles. The zero-order chi connectivity index (χ0) is 14.7. The molecule has 0 bridgehead atoms. The molecule has 0 fully saturated rings. The summed E-state index contributed by atoms with van der Waals surface area (Å²) in [5.41, 5.74) is 3.40. The van der Waals surface area contributed by atoms with Gasteiger partial charge in [0, 0.05) is 36.9 Å². The predicted octanol–water partition coefficient (Wildman–Crippen LogP) is 3.26. The molecule has 0 aliphatic rings. The Balaban J connectivity index is 1.71. The SMILES string of the molecule is CCn1cc(NC(C)c2ccc(-n3ccnc3)cc2)cn1. The second-order valence-electron chi connectivity index (χ2n) is 5.01. The molecule has 3 rings (SSSR count). The minimum absolute atomic E-state index is 0.233. The molecule has 2 heterocycles. The molecule has 0 aliphatic heterocycles. The second-order valence-corrected chi connectivity index (χ2v) is 5.01. The monoisotopic (exact) mass is 281 g/mol. The number of hydrogen-bond acceptors (Lipinski definition) is 3. The third-order valence-electron chi connectivity index (χ3n) is 3.54. The minimum atomic E-state index is 0.233. The van der Waals surface area contributed by atoms with Gasteiger partial charge in [0.15, 0.2) is 0 Å². The van der Waals surface area contributed by atoms with Crippen LogP contribution < -0.4 is 5.32 Å². The molecule has 108 valence electrons. The molecule has 3 aromatic rings. The maximum atomic E-state index is 4.27. The Morgan fingerprint density at radius 1 is 1.24 bits per heavy atom. The lowest BCUT2D eigenvalue weighted by molar-refractivity contribution is 0.660. The smallest absolute Gasteiger partial charge is 0.0991 e. The quantitative estimate of drug-likeness (QED) is 0.781. The van der Waals surface area contributed by atoms with E-state index in [2.05, 4.69) is 53.5 Å². The second kappa shape index (κ2) is 5.83. The van der Waals surface area contributed by atoms with Crippen molar-refractivity contribution < 1.29 is 0 Å². The van der Waals surface area contributed by atoms with E-state index >= 15 is 0 Å². The Hall–Kier alpha value is -2.56. The first kappa shape index (κ1) is 13.4. The summed E-state index contributed by atoms with van der Waals surface area (Å²) in [4.78, 5) is 4.06. The molecule has 1 N–H and O–H groups in total. The van der Waals surface area contributed by atoms with Crippen molar-refractivity contribution in [1.82, 2.24) is 19.3 Å². The van der Waals surface area contributed by atoms with E-state index in [1.807, 2.05) is 27.8 Å². The van der Waals surface area contributed by atoms with Crippen LogP contribution in [-0.2, 0) is 6.54 Å². The van der Waals surface area contributed by atoms with E-state index < -0.39 is 0 Å². The van der Waals surface area contributed by atoms with Crippen molar-refractivity contribution in [2.75, 3.05) is 5.32 Å². The molecule has 0 saturated carbocycles. The summed E-state index contributed by atoms with van der Waals surface area (Å²) in [5.74, 6) is 0. The number of rotatable bonds is 5. The Bertz CT molecular complexity index is 682. The number of nitrogens with one attached hydrogen (secondary N) is 1. The van der Waals surface area contributed by atoms with Gasteiger partial charge in [-0.3, -0.25) is 4.68 Å². The van der Waals surface area contributed by atoms with Crippen molar-refractivity contribution in [1.29, 1.82) is 0 Å². The zero-order valence-electron chi connectivity index (χ0n) is 12.3. The van der Waals surface area contributed by atoms with Crippen molar-refractivity contribution in [2.45, 2.75) is 26.4 Å². The summed E-state index contributed by atoms with van der Waals surface area (Å²) >= 11 is 0. The van der Waals surface area contributed by atoms with Gasteiger partial charge in [0.1, 0.15) is 0 Å². The number of anilines is 1. The summed E-state index contributed by atoms with van der Waals surface area (Å²) in [6.45, 7) is 5.11. The van der Waals surface area contributed by atoms with E-state index in [1.165, 1.54) is 5.56 Å². The van der Waals surface area contributed by atoms with Crippen molar-refractivity contribution in [3.63, 3.8) is 0 Å². The van der Waals surface area contributed by atoms with Gasteiger partial charge in [-0.25, -0.2) is 4.98 Å². The van der Waals surface area contributed by atoms with Crippen LogP contribution in [0.1, 0.15) is 25.5 Å². The fourth-order valence-electron chi connectivity index (χ4n) is 2.29. The van der Waals surface area contributed by atoms with E-state index in [1.54, 1.807) is 12.5 Å². The van der Waals surface area contributed by atoms with Gasteiger partial charge in [0.25, 0.3) is 0 Å². The van der Waals surface area contributed by atoms with Gasteiger partial charge in [0.2, 0.25) is 0 Å². The third kappa shape index (κ3) is 2.97. The minimum Gasteiger partial charge on any atom is -0.376 e. The highest BCUT2D eigenvalue weighted by Gasteiger charge is 2.07. The van der Waals surface area contributed by atoms with Crippen LogP contribution in [0.15, 0.2) is 55.4 Å². The molecule has 0 aliphatic carbocycles. The van der Waals surface area contributed by atoms with Crippen LogP contribution in [0.5, 0.6) is 0 Å². The van der Waals surface area contributed by atoms with Crippen molar-refractivity contribution >= 4 is 5.69 Å². The van der Waals surface area contributed by atoms with Crippen molar-refractivity contribution in [3.05, 3.63) is 60.9 Å². The molecule has 2 aromatic heterocycles. The Labute approximate surface area is 124 Å². The molecule has 21 heavy (non-hydrogen) atoms. The lowest BCUT2D eigenvalue weighted by Gasteiger charge is -2.14. The summed E-state index contributed by atoms with van der Waals surface area (Å²) in [6, 6.07) is 8.71. The van der Waals surface area contributed by atoms with E-state index in [4.69, 9.17) is 0 Å². The fourth-order valence-corrected chi connectivity index (χ4v) is 2.29. The predicted molar refractivity (Wildman–Crippen MR) is 83.5 cm³/mol. The Morgan fingerprint density at radius 2 is 2.05 bits per heavy atom. The van der Waals surface area contributed by atoms with Crippen LogP contribution >= 0.6 is 0 Å². The number of aromatic nitrogens is 4. The van der Waals surface area contributed by atoms with Crippen molar-refractivity contribution in [3.8, 4) is 5.69 Å². The van der Waals surface area contributed by atoms with E-state index in [0.717, 1.165) is 17.9 Å². The summed E-state index contributed by atoms with van der Waals surface area (Å²) in [7, 11) is 0. The van der Waals surface area contributed by atoms with Crippen LogP contribution in [-0.4, -0.2) is 19.3 Å². The molecule has 0 radical (unpaired) electrons. The fraction of sp³-hybridized carbons (Fsp3) is 0.250. The van der Waals surface area contributed by atoms with Gasteiger partial charge in [-0.1, -0.05) is 12.1 Å². The van der Waals surface area contributed by atoms with Gasteiger partial charge >= 0.3 is 0 Å². The molecule has 0 amide bonds. The number of hydrogen-bond donors (Lipinski definition) is 1. The molecular weight excluding hydrogens is 262 g/mol. The van der Waals surface area contributed by atoms with Crippen molar-refractivity contribution in [2.24, 2.45) is 0 Å². The Morgan fingerprint density at radius 3 is 2.67 bits per heavy atom. The number of nitrogens with zero attached hydrogens (tertiary/aromatic N) is 4. The molecule has 1 unspecified atom stereocenters. The first-order chi connectivity index (χ1) is 10.3. The zero-order valence-corrected chi connectivity index (χ0v) is 12.3. The Kier molecular flexibility index (Phi) is 3.73. The van der Waals surface area contributed by atoms with Crippen LogP contribution in [0.2, 0.25) is 0 Å². The highest BCUT2D eigenvalue weighted by atomic mass is 15.3. The highest BCUT2D eigenvalue weighted by molar-refractivity contribution is 5.43. The van der Waals surface area contributed by atoms with E-state index in [-0.39, 0.29) is 6.04 Å².